The van der Waals surface area contributed by atoms with Crippen molar-refractivity contribution in [1.29, 1.82) is 0 Å². The first kappa shape index (κ1) is 26.3. The molecule has 2 aromatic carbocycles. The zero-order chi connectivity index (χ0) is 23.0. The van der Waals surface area contributed by atoms with Gasteiger partial charge in [-0.3, -0.25) is 9.79 Å². The van der Waals surface area contributed by atoms with Gasteiger partial charge in [0.1, 0.15) is 12.7 Å². The Labute approximate surface area is 212 Å². The zero-order valence-corrected chi connectivity index (χ0v) is 21.8. The molecule has 0 radical (unpaired) electrons. The highest BCUT2D eigenvalue weighted by molar-refractivity contribution is 14.0. The van der Waals surface area contributed by atoms with E-state index < -0.39 is 0 Å². The number of halogens is 1. The number of aliphatic imine (C=N–C) groups is 1. The number of aromatic nitrogens is 3. The monoisotopic (exact) mass is 561 g/mol. The van der Waals surface area contributed by atoms with Crippen LogP contribution in [0.15, 0.2) is 66.2 Å². The van der Waals surface area contributed by atoms with Gasteiger partial charge >= 0.3 is 0 Å². The second kappa shape index (κ2) is 12.3. The van der Waals surface area contributed by atoms with E-state index in [1.807, 2.05) is 32.9 Å². The fraction of sp³-hybridized carbons (Fsp3) is 0.333. The van der Waals surface area contributed by atoms with E-state index in [0.29, 0.717) is 19.0 Å². The van der Waals surface area contributed by atoms with Crippen molar-refractivity contribution >= 4 is 35.8 Å². The van der Waals surface area contributed by atoms with Crippen LogP contribution in [-0.4, -0.2) is 45.8 Å². The van der Waals surface area contributed by atoms with Crippen LogP contribution in [0.25, 0.3) is 11.1 Å². The molecule has 33 heavy (non-hydrogen) atoms. The molecule has 0 atom stereocenters. The van der Waals surface area contributed by atoms with Crippen molar-refractivity contribution in [2.24, 2.45) is 4.99 Å². The normalized spacial score (nSPS) is 11.5. The quantitative estimate of drug-likeness (QED) is 0.234. The maximum Gasteiger partial charge on any atom is 0.239 e. The summed E-state index contributed by atoms with van der Waals surface area (Å²) in [6.45, 7) is 7.29. The van der Waals surface area contributed by atoms with Crippen molar-refractivity contribution in [3.63, 3.8) is 0 Å². The van der Waals surface area contributed by atoms with Gasteiger partial charge in [0, 0.05) is 19.1 Å². The lowest BCUT2D eigenvalue weighted by Crippen LogP contribution is -2.48. The summed E-state index contributed by atoms with van der Waals surface area (Å²) < 4.78 is 1.80. The van der Waals surface area contributed by atoms with Crippen LogP contribution in [0.4, 0.5) is 0 Å². The highest BCUT2D eigenvalue weighted by Gasteiger charge is 2.14. The van der Waals surface area contributed by atoms with E-state index in [4.69, 9.17) is 0 Å². The average molecular weight is 561 g/mol. The van der Waals surface area contributed by atoms with Crippen LogP contribution < -0.4 is 16.0 Å². The maximum atomic E-state index is 12.1. The molecule has 0 fully saturated rings. The molecule has 1 amide bonds. The summed E-state index contributed by atoms with van der Waals surface area (Å²) in [5.74, 6) is 0.499. The summed E-state index contributed by atoms with van der Waals surface area (Å²) in [4.78, 5) is 20.3. The minimum Gasteiger partial charge on any atom is -0.352 e. The van der Waals surface area contributed by atoms with Gasteiger partial charge < -0.3 is 16.0 Å². The van der Waals surface area contributed by atoms with E-state index in [2.05, 4.69) is 67.4 Å². The summed E-state index contributed by atoms with van der Waals surface area (Å²) in [6, 6.07) is 16.7. The number of hydrogen-bond acceptors (Lipinski definition) is 4. The molecule has 176 valence electrons. The van der Waals surface area contributed by atoms with Crippen LogP contribution in [-0.2, 0) is 17.9 Å². The molecule has 0 aliphatic rings. The van der Waals surface area contributed by atoms with Crippen molar-refractivity contribution in [3.8, 4) is 11.1 Å². The van der Waals surface area contributed by atoms with Gasteiger partial charge in [-0.25, -0.2) is 9.67 Å². The minimum atomic E-state index is -0.264. The molecular weight excluding hydrogens is 529 g/mol. The molecule has 0 bridgehead atoms. The molecule has 0 saturated heterocycles. The fourth-order valence-electron chi connectivity index (χ4n) is 3.27. The van der Waals surface area contributed by atoms with Crippen LogP contribution >= 0.6 is 24.0 Å². The van der Waals surface area contributed by atoms with E-state index in [1.165, 1.54) is 6.33 Å². The Balaban J connectivity index is 0.00000385. The van der Waals surface area contributed by atoms with Gasteiger partial charge in [0.2, 0.25) is 5.91 Å². The molecule has 1 aromatic heterocycles. The molecule has 0 aliphatic carbocycles. The van der Waals surface area contributed by atoms with Gasteiger partial charge in [-0.15, -0.1) is 24.0 Å². The second-order valence-corrected chi connectivity index (χ2v) is 8.52. The van der Waals surface area contributed by atoms with Crippen LogP contribution in [0.1, 0.15) is 31.9 Å². The third kappa shape index (κ3) is 8.49. The van der Waals surface area contributed by atoms with Crippen LogP contribution in [0.5, 0.6) is 0 Å². The Bertz CT molecular complexity index is 1040. The number of amides is 1. The van der Waals surface area contributed by atoms with Gasteiger partial charge in [-0.05, 0) is 43.0 Å². The van der Waals surface area contributed by atoms with Crippen molar-refractivity contribution in [2.75, 3.05) is 13.6 Å². The van der Waals surface area contributed by atoms with Gasteiger partial charge in [0.05, 0.1) is 13.1 Å². The lowest BCUT2D eigenvalue weighted by Gasteiger charge is -2.21. The molecule has 3 aromatic rings. The van der Waals surface area contributed by atoms with Crippen molar-refractivity contribution < 1.29 is 4.79 Å². The Hall–Kier alpha value is -2.95. The molecule has 0 aliphatic heterocycles. The van der Waals surface area contributed by atoms with Crippen LogP contribution in [0, 0.1) is 0 Å². The van der Waals surface area contributed by atoms with E-state index >= 15 is 0 Å². The molecule has 3 rings (SSSR count). The van der Waals surface area contributed by atoms with E-state index in [1.54, 1.807) is 18.1 Å². The molecule has 9 heteroatoms. The number of nitrogens with one attached hydrogen (secondary N) is 3. The lowest BCUT2D eigenvalue weighted by molar-refractivity contribution is -0.121. The molecule has 0 saturated carbocycles. The summed E-state index contributed by atoms with van der Waals surface area (Å²) in [5, 5.41) is 13.4. The predicted octanol–water partition coefficient (Wildman–Crippen LogP) is 3.19. The van der Waals surface area contributed by atoms with Crippen molar-refractivity contribution in [3.05, 3.63) is 72.3 Å². The molecule has 0 spiro atoms. The molecule has 8 nitrogen and oxygen atoms in total. The molecular formula is C24H32IN7O. The number of benzene rings is 2. The van der Waals surface area contributed by atoms with Crippen molar-refractivity contribution in [2.45, 2.75) is 39.4 Å². The van der Waals surface area contributed by atoms with Gasteiger partial charge in [-0.2, -0.15) is 5.10 Å². The third-order valence-corrected chi connectivity index (χ3v) is 4.69. The minimum absolute atomic E-state index is 0. The van der Waals surface area contributed by atoms with Crippen molar-refractivity contribution in [1.82, 2.24) is 30.7 Å². The second-order valence-electron chi connectivity index (χ2n) is 8.52. The van der Waals surface area contributed by atoms with Gasteiger partial charge in [0.15, 0.2) is 5.96 Å². The van der Waals surface area contributed by atoms with Gasteiger partial charge in [0.25, 0.3) is 0 Å². The first-order chi connectivity index (χ1) is 15.3. The Morgan fingerprint density at radius 3 is 2.42 bits per heavy atom. The molecule has 0 unspecified atom stereocenters. The van der Waals surface area contributed by atoms with Gasteiger partial charge in [-0.1, -0.05) is 48.5 Å². The topological polar surface area (TPSA) is 96.2 Å². The van der Waals surface area contributed by atoms with E-state index in [0.717, 1.165) is 22.3 Å². The Morgan fingerprint density at radius 1 is 1.06 bits per heavy atom. The highest BCUT2D eigenvalue weighted by atomic mass is 127. The summed E-state index contributed by atoms with van der Waals surface area (Å²) in [6.07, 6.45) is 3.25. The first-order valence-electron chi connectivity index (χ1n) is 10.6. The number of carbonyl (C=O) groups excluding carboxylic acids is 1. The summed E-state index contributed by atoms with van der Waals surface area (Å²) in [7, 11) is 1.69. The maximum absolute atomic E-state index is 12.1. The molecule has 3 N–H and O–H groups in total. The lowest BCUT2D eigenvalue weighted by atomic mass is 9.98. The SMILES string of the molecule is CN=C(NCC(=O)NC(C)(C)C)NCc1ccccc1-c1ccc(Cn2cncn2)cc1.I. The summed E-state index contributed by atoms with van der Waals surface area (Å²) in [5.41, 5.74) is 4.32. The number of hydrogen-bond donors (Lipinski definition) is 3. The highest BCUT2D eigenvalue weighted by Crippen LogP contribution is 2.24. The third-order valence-electron chi connectivity index (χ3n) is 4.69. The zero-order valence-electron chi connectivity index (χ0n) is 19.5. The number of rotatable bonds is 7. The Kier molecular flexibility index (Phi) is 9.83. The summed E-state index contributed by atoms with van der Waals surface area (Å²) >= 11 is 0. The van der Waals surface area contributed by atoms with Crippen LogP contribution in [0.3, 0.4) is 0 Å². The standard InChI is InChI=1S/C24H31N7O.HI/c1-24(2,3)30-22(32)14-28-23(25-4)27-13-20-7-5-6-8-21(20)19-11-9-18(10-12-19)15-31-17-26-16-29-31;/h5-12,16-17H,13-15H2,1-4H3,(H,30,32)(H2,25,27,28);1H. The van der Waals surface area contributed by atoms with E-state index in [9.17, 15) is 4.79 Å². The average Bonchev–Trinajstić information content (AvgIpc) is 3.26. The predicted molar refractivity (Wildman–Crippen MR) is 143 cm³/mol. The molecule has 1 heterocycles. The number of guanidine groups is 1. The van der Waals surface area contributed by atoms with Crippen LogP contribution in [0.2, 0.25) is 0 Å². The number of nitrogens with zero attached hydrogens (tertiary/aromatic N) is 4. The largest absolute Gasteiger partial charge is 0.352 e. The number of carbonyl (C=O) groups is 1. The van der Waals surface area contributed by atoms with E-state index in [-0.39, 0.29) is 42.0 Å². The Morgan fingerprint density at radius 2 is 1.79 bits per heavy atom. The first-order valence-corrected chi connectivity index (χ1v) is 10.6. The fourth-order valence-corrected chi connectivity index (χ4v) is 3.27. The smallest absolute Gasteiger partial charge is 0.239 e.